The number of anilines is 1. The van der Waals surface area contributed by atoms with Crippen molar-refractivity contribution < 1.29 is 23.4 Å². The highest BCUT2D eigenvalue weighted by molar-refractivity contribution is 6.17. The Morgan fingerprint density at radius 3 is 2.69 bits per heavy atom. The minimum atomic E-state index is -2.69. The van der Waals surface area contributed by atoms with Crippen molar-refractivity contribution in [1.82, 2.24) is 19.9 Å². The van der Waals surface area contributed by atoms with Crippen molar-refractivity contribution in [1.29, 1.82) is 0 Å². The number of halogens is 3. The van der Waals surface area contributed by atoms with Crippen LogP contribution in [-0.2, 0) is 10.6 Å². The molecule has 2 fully saturated rings. The average Bonchev–Trinajstić information content (AvgIpc) is 3.19. The Kier molecular flexibility index (Phi) is 6.71. The molecule has 3 heterocycles. The zero-order valence-electron chi connectivity index (χ0n) is 17.9. The highest BCUT2D eigenvalue weighted by atomic mass is 35.5. The lowest BCUT2D eigenvalue weighted by Gasteiger charge is -2.33. The van der Waals surface area contributed by atoms with Crippen molar-refractivity contribution in [2.24, 2.45) is 5.92 Å². The SMILES string of the molecule is CN(c1cc2nc([C@@H](NC(=O)O)C3CCC(F)(F)CC3)cn2nc1CCl)C1CCOCC1. The van der Waals surface area contributed by atoms with Gasteiger partial charge in [0.2, 0.25) is 5.92 Å². The molecule has 1 saturated heterocycles. The normalized spacial score (nSPS) is 20.9. The number of hydrogen-bond acceptors (Lipinski definition) is 5. The summed E-state index contributed by atoms with van der Waals surface area (Å²) in [5.41, 5.74) is 2.59. The highest BCUT2D eigenvalue weighted by Gasteiger charge is 2.39. The minimum Gasteiger partial charge on any atom is -0.465 e. The largest absolute Gasteiger partial charge is 0.465 e. The number of carbonyl (C=O) groups is 1. The molecule has 2 N–H and O–H groups in total. The van der Waals surface area contributed by atoms with Gasteiger partial charge in [-0.25, -0.2) is 23.1 Å². The van der Waals surface area contributed by atoms with Gasteiger partial charge in [0, 0.05) is 45.2 Å². The number of hydrogen-bond donors (Lipinski definition) is 2. The third-order valence-corrected chi connectivity index (χ3v) is 6.85. The molecule has 0 aromatic carbocycles. The second kappa shape index (κ2) is 9.35. The van der Waals surface area contributed by atoms with Gasteiger partial charge < -0.3 is 20.1 Å². The maximum atomic E-state index is 13.6. The third kappa shape index (κ3) is 4.91. The van der Waals surface area contributed by atoms with Crippen LogP contribution in [0.4, 0.5) is 19.3 Å². The lowest BCUT2D eigenvalue weighted by atomic mass is 9.81. The predicted molar refractivity (Wildman–Crippen MR) is 116 cm³/mol. The average molecular weight is 472 g/mol. The molecule has 8 nitrogen and oxygen atoms in total. The highest BCUT2D eigenvalue weighted by Crippen LogP contribution is 2.41. The lowest BCUT2D eigenvalue weighted by molar-refractivity contribution is -0.0495. The standard InChI is InChI=1S/C21H28ClF2N5O3/c1-28(14-4-8-32-9-5-14)17-10-18-25-16(12-29(18)27-15(17)11-22)19(26-20(30)31)13-2-6-21(23,24)7-3-13/h10,12-14,19,26H,2-9,11H2,1H3,(H,30,31)/t19-/m0/s1. The Labute approximate surface area is 189 Å². The fraction of sp³-hybridized carbons (Fsp3) is 0.667. The Bertz CT molecular complexity index is 956. The summed E-state index contributed by atoms with van der Waals surface area (Å²) in [5, 5.41) is 16.5. The van der Waals surface area contributed by atoms with Gasteiger partial charge in [0.15, 0.2) is 5.65 Å². The molecule has 1 aliphatic carbocycles. The summed E-state index contributed by atoms with van der Waals surface area (Å²) in [5.74, 6) is -2.74. The van der Waals surface area contributed by atoms with Crippen molar-refractivity contribution in [2.75, 3.05) is 25.2 Å². The summed E-state index contributed by atoms with van der Waals surface area (Å²) in [6.45, 7) is 1.41. The summed E-state index contributed by atoms with van der Waals surface area (Å²) < 4.78 is 34.3. The van der Waals surface area contributed by atoms with Crippen LogP contribution in [0.15, 0.2) is 12.3 Å². The fourth-order valence-electron chi connectivity index (χ4n) is 4.75. The number of amides is 1. The van der Waals surface area contributed by atoms with E-state index in [9.17, 15) is 18.7 Å². The van der Waals surface area contributed by atoms with E-state index in [1.54, 1.807) is 10.7 Å². The summed E-state index contributed by atoms with van der Waals surface area (Å²) in [4.78, 5) is 18.2. The molecule has 1 atom stereocenters. The van der Waals surface area contributed by atoms with Crippen LogP contribution in [0.25, 0.3) is 5.65 Å². The Morgan fingerprint density at radius 1 is 1.38 bits per heavy atom. The lowest BCUT2D eigenvalue weighted by Crippen LogP contribution is -2.37. The van der Waals surface area contributed by atoms with E-state index in [0.717, 1.165) is 18.5 Å². The minimum absolute atomic E-state index is 0.209. The first kappa shape index (κ1) is 23.0. The molecule has 1 aliphatic heterocycles. The number of aromatic nitrogens is 3. The first-order chi connectivity index (χ1) is 15.3. The summed E-state index contributed by atoms with van der Waals surface area (Å²) in [6.07, 6.45) is 2.21. The first-order valence-electron chi connectivity index (χ1n) is 10.9. The Hall–Kier alpha value is -2.20. The number of ether oxygens (including phenoxy) is 1. The molecule has 0 spiro atoms. The van der Waals surface area contributed by atoms with E-state index in [2.05, 4.69) is 20.3 Å². The molecular weight excluding hydrogens is 444 g/mol. The molecule has 0 bridgehead atoms. The summed E-state index contributed by atoms with van der Waals surface area (Å²) in [7, 11) is 2.00. The smallest absolute Gasteiger partial charge is 0.405 e. The molecule has 4 rings (SSSR count). The third-order valence-electron chi connectivity index (χ3n) is 6.60. The van der Waals surface area contributed by atoms with Gasteiger partial charge in [-0.2, -0.15) is 5.10 Å². The van der Waals surface area contributed by atoms with Crippen LogP contribution < -0.4 is 10.2 Å². The second-order valence-electron chi connectivity index (χ2n) is 8.65. The number of fused-ring (bicyclic) bond motifs is 1. The van der Waals surface area contributed by atoms with E-state index in [0.29, 0.717) is 36.3 Å². The van der Waals surface area contributed by atoms with Crippen LogP contribution >= 0.6 is 11.6 Å². The van der Waals surface area contributed by atoms with Crippen molar-refractivity contribution in [3.8, 4) is 0 Å². The van der Waals surface area contributed by atoms with Crippen LogP contribution in [0.1, 0.15) is 56.0 Å². The van der Waals surface area contributed by atoms with Gasteiger partial charge in [0.05, 0.1) is 35.2 Å². The maximum absolute atomic E-state index is 13.6. The zero-order chi connectivity index (χ0) is 22.9. The van der Waals surface area contributed by atoms with Crippen molar-refractivity contribution >= 4 is 29.0 Å². The van der Waals surface area contributed by atoms with E-state index in [1.807, 2.05) is 13.1 Å². The van der Waals surface area contributed by atoms with Crippen LogP contribution in [-0.4, -0.2) is 58.0 Å². The number of nitrogens with zero attached hydrogens (tertiary/aromatic N) is 4. The second-order valence-corrected chi connectivity index (χ2v) is 8.92. The van der Waals surface area contributed by atoms with Gasteiger partial charge in [0.1, 0.15) is 0 Å². The van der Waals surface area contributed by atoms with Gasteiger partial charge in [-0.3, -0.25) is 0 Å². The number of alkyl halides is 3. The molecule has 32 heavy (non-hydrogen) atoms. The van der Waals surface area contributed by atoms with E-state index >= 15 is 0 Å². The van der Waals surface area contributed by atoms with Gasteiger partial charge in [-0.05, 0) is 31.6 Å². The molecule has 2 aromatic rings. The van der Waals surface area contributed by atoms with Crippen molar-refractivity contribution in [3.63, 3.8) is 0 Å². The predicted octanol–water partition coefficient (Wildman–Crippen LogP) is 4.22. The molecule has 0 radical (unpaired) electrons. The molecule has 1 saturated carbocycles. The number of carboxylic acid groups (broad SMARTS) is 1. The molecule has 1 amide bonds. The molecule has 0 unspecified atom stereocenters. The quantitative estimate of drug-likeness (QED) is 0.613. The van der Waals surface area contributed by atoms with E-state index < -0.39 is 18.1 Å². The molecule has 176 valence electrons. The Balaban J connectivity index is 1.65. The van der Waals surface area contributed by atoms with E-state index in [1.165, 1.54) is 0 Å². The molecular formula is C21H28ClF2N5O3. The van der Waals surface area contributed by atoms with Gasteiger partial charge >= 0.3 is 6.09 Å². The summed E-state index contributed by atoms with van der Waals surface area (Å²) in [6, 6.07) is 1.52. The van der Waals surface area contributed by atoms with Crippen LogP contribution in [0, 0.1) is 5.92 Å². The van der Waals surface area contributed by atoms with Crippen molar-refractivity contribution in [3.05, 3.63) is 23.7 Å². The van der Waals surface area contributed by atoms with Gasteiger partial charge in [0.25, 0.3) is 0 Å². The fourth-order valence-corrected chi connectivity index (χ4v) is 4.94. The maximum Gasteiger partial charge on any atom is 0.405 e. The van der Waals surface area contributed by atoms with Crippen LogP contribution in [0.2, 0.25) is 0 Å². The zero-order valence-corrected chi connectivity index (χ0v) is 18.7. The monoisotopic (exact) mass is 471 g/mol. The molecule has 2 aromatic heterocycles. The van der Waals surface area contributed by atoms with E-state index in [-0.39, 0.29) is 37.5 Å². The van der Waals surface area contributed by atoms with E-state index in [4.69, 9.17) is 16.3 Å². The Morgan fingerprint density at radius 2 is 2.06 bits per heavy atom. The summed E-state index contributed by atoms with van der Waals surface area (Å²) >= 11 is 6.19. The number of rotatable bonds is 6. The molecule has 11 heteroatoms. The first-order valence-corrected chi connectivity index (χ1v) is 11.4. The van der Waals surface area contributed by atoms with Crippen LogP contribution in [0.3, 0.4) is 0 Å². The number of nitrogens with one attached hydrogen (secondary N) is 1. The van der Waals surface area contributed by atoms with Gasteiger partial charge in [-0.15, -0.1) is 11.6 Å². The van der Waals surface area contributed by atoms with Gasteiger partial charge in [-0.1, -0.05) is 0 Å². The number of imidazole rings is 1. The van der Waals surface area contributed by atoms with Crippen LogP contribution in [0.5, 0.6) is 0 Å². The van der Waals surface area contributed by atoms with Crippen molar-refractivity contribution in [2.45, 2.75) is 62.4 Å². The molecule has 2 aliphatic rings. The topological polar surface area (TPSA) is 92.0 Å².